The van der Waals surface area contributed by atoms with Crippen molar-refractivity contribution in [2.75, 3.05) is 33.4 Å². The lowest BCUT2D eigenvalue weighted by Gasteiger charge is -2.27. The Kier molecular flexibility index (Phi) is 6.36. The van der Waals surface area contributed by atoms with Crippen LogP contribution in [-0.4, -0.2) is 44.3 Å². The molecule has 5 heteroatoms. The van der Waals surface area contributed by atoms with E-state index in [-0.39, 0.29) is 6.03 Å². The van der Waals surface area contributed by atoms with Crippen LogP contribution in [-0.2, 0) is 0 Å². The number of rotatable bonds is 6. The minimum atomic E-state index is -0.0483. The number of amides is 2. The van der Waals surface area contributed by atoms with Crippen molar-refractivity contribution in [1.82, 2.24) is 10.2 Å². The van der Waals surface area contributed by atoms with Crippen LogP contribution in [0.2, 0.25) is 0 Å². The largest absolute Gasteiger partial charge is 0.497 e. The molecular formula is C22H26N2O3. The first-order chi connectivity index (χ1) is 13.2. The highest BCUT2D eigenvalue weighted by Gasteiger charge is 2.17. The molecule has 0 saturated heterocycles. The molecule has 5 nitrogen and oxygen atoms in total. The minimum Gasteiger partial charge on any atom is -0.497 e. The van der Waals surface area contributed by atoms with E-state index < -0.39 is 0 Å². The first kappa shape index (κ1) is 18.8. The summed E-state index contributed by atoms with van der Waals surface area (Å²) in [5.41, 5.74) is 3.61. The standard InChI is InChI=1S/C22H26N2O3/c1-17-4-3-5-21(16-17)27-15-12-23-22(25)24-13-10-19(11-14-24)18-6-8-20(26-2)9-7-18/h3-10,16H,11-15H2,1-2H3,(H,23,25). The average molecular weight is 366 g/mol. The first-order valence-corrected chi connectivity index (χ1v) is 9.21. The molecule has 1 aliphatic heterocycles. The van der Waals surface area contributed by atoms with Gasteiger partial charge in [-0.2, -0.15) is 0 Å². The number of aryl methyl sites for hydroxylation is 1. The summed E-state index contributed by atoms with van der Waals surface area (Å²) in [6.07, 6.45) is 2.97. The average Bonchev–Trinajstić information content (AvgIpc) is 2.71. The molecule has 0 fully saturated rings. The molecule has 2 amide bonds. The van der Waals surface area contributed by atoms with Crippen molar-refractivity contribution in [3.63, 3.8) is 0 Å². The summed E-state index contributed by atoms with van der Waals surface area (Å²) in [6, 6.07) is 15.9. The van der Waals surface area contributed by atoms with Gasteiger partial charge in [-0.1, -0.05) is 30.3 Å². The van der Waals surface area contributed by atoms with E-state index in [1.807, 2.05) is 48.2 Å². The summed E-state index contributed by atoms with van der Waals surface area (Å²) in [5.74, 6) is 1.68. The van der Waals surface area contributed by atoms with Crippen molar-refractivity contribution in [3.05, 3.63) is 65.7 Å². The Morgan fingerprint density at radius 2 is 1.96 bits per heavy atom. The smallest absolute Gasteiger partial charge is 0.317 e. The molecule has 2 aromatic rings. The van der Waals surface area contributed by atoms with Crippen molar-refractivity contribution >= 4 is 11.6 Å². The summed E-state index contributed by atoms with van der Waals surface area (Å²) in [6.45, 7) is 4.29. The van der Waals surface area contributed by atoms with Gasteiger partial charge in [0.2, 0.25) is 0 Å². The molecule has 1 heterocycles. The molecule has 0 bridgehead atoms. The maximum atomic E-state index is 12.3. The molecule has 0 unspecified atom stereocenters. The van der Waals surface area contributed by atoms with Crippen LogP contribution in [0.5, 0.6) is 11.5 Å². The van der Waals surface area contributed by atoms with Crippen LogP contribution in [0, 0.1) is 6.92 Å². The Morgan fingerprint density at radius 3 is 2.63 bits per heavy atom. The van der Waals surface area contributed by atoms with Gasteiger partial charge in [0, 0.05) is 13.1 Å². The minimum absolute atomic E-state index is 0.0483. The summed E-state index contributed by atoms with van der Waals surface area (Å²) in [7, 11) is 1.66. The van der Waals surface area contributed by atoms with Crippen molar-refractivity contribution in [3.8, 4) is 11.5 Å². The molecule has 1 aliphatic rings. The molecule has 0 atom stereocenters. The van der Waals surface area contributed by atoms with Crippen LogP contribution in [0.25, 0.3) is 5.57 Å². The lowest BCUT2D eigenvalue weighted by molar-refractivity contribution is 0.200. The van der Waals surface area contributed by atoms with E-state index in [2.05, 4.69) is 23.5 Å². The quantitative estimate of drug-likeness (QED) is 0.790. The number of carbonyl (C=O) groups is 1. The molecule has 0 saturated carbocycles. The number of methoxy groups -OCH3 is 1. The van der Waals surface area contributed by atoms with Crippen molar-refractivity contribution in [2.45, 2.75) is 13.3 Å². The molecule has 27 heavy (non-hydrogen) atoms. The normalized spacial score (nSPS) is 13.7. The Morgan fingerprint density at radius 1 is 1.15 bits per heavy atom. The number of hydrogen-bond donors (Lipinski definition) is 1. The lowest BCUT2D eigenvalue weighted by atomic mass is 9.99. The third-order valence-corrected chi connectivity index (χ3v) is 4.59. The second kappa shape index (κ2) is 9.12. The maximum absolute atomic E-state index is 12.3. The van der Waals surface area contributed by atoms with Gasteiger partial charge in [0.1, 0.15) is 18.1 Å². The van der Waals surface area contributed by atoms with E-state index in [4.69, 9.17) is 9.47 Å². The third-order valence-electron chi connectivity index (χ3n) is 4.59. The number of urea groups is 1. The molecule has 0 spiro atoms. The van der Waals surface area contributed by atoms with Gasteiger partial charge >= 0.3 is 6.03 Å². The number of ether oxygens (including phenoxy) is 2. The zero-order valence-corrected chi connectivity index (χ0v) is 15.9. The first-order valence-electron chi connectivity index (χ1n) is 9.21. The highest BCUT2D eigenvalue weighted by molar-refractivity contribution is 5.76. The third kappa shape index (κ3) is 5.26. The fourth-order valence-electron chi connectivity index (χ4n) is 3.06. The van der Waals surface area contributed by atoms with Crippen molar-refractivity contribution < 1.29 is 14.3 Å². The van der Waals surface area contributed by atoms with Crippen LogP contribution in [0.15, 0.2) is 54.6 Å². The summed E-state index contributed by atoms with van der Waals surface area (Å²) >= 11 is 0. The van der Waals surface area contributed by atoms with Gasteiger partial charge < -0.3 is 19.7 Å². The topological polar surface area (TPSA) is 50.8 Å². The molecule has 3 rings (SSSR count). The van der Waals surface area contributed by atoms with Crippen LogP contribution >= 0.6 is 0 Å². The Bertz CT molecular complexity index is 799. The van der Waals surface area contributed by atoms with Crippen LogP contribution in [0.1, 0.15) is 17.5 Å². The molecule has 0 aliphatic carbocycles. The fraction of sp³-hybridized carbons (Fsp3) is 0.318. The number of hydrogen-bond acceptors (Lipinski definition) is 3. The van der Waals surface area contributed by atoms with Crippen LogP contribution < -0.4 is 14.8 Å². The zero-order chi connectivity index (χ0) is 19.1. The number of benzene rings is 2. The maximum Gasteiger partial charge on any atom is 0.317 e. The molecule has 0 aromatic heterocycles. The van der Waals surface area contributed by atoms with Gasteiger partial charge in [0.15, 0.2) is 0 Å². The van der Waals surface area contributed by atoms with Crippen LogP contribution in [0.4, 0.5) is 4.79 Å². The highest BCUT2D eigenvalue weighted by atomic mass is 16.5. The molecule has 142 valence electrons. The van der Waals surface area contributed by atoms with Crippen LogP contribution in [0.3, 0.4) is 0 Å². The predicted molar refractivity (Wildman–Crippen MR) is 107 cm³/mol. The van der Waals surface area contributed by atoms with Gasteiger partial charge in [-0.15, -0.1) is 0 Å². The van der Waals surface area contributed by atoms with Gasteiger partial charge in [0.05, 0.1) is 13.7 Å². The number of nitrogens with one attached hydrogen (secondary N) is 1. The van der Waals surface area contributed by atoms with Crippen molar-refractivity contribution in [2.24, 2.45) is 0 Å². The fourth-order valence-corrected chi connectivity index (χ4v) is 3.06. The summed E-state index contributed by atoms with van der Waals surface area (Å²) in [4.78, 5) is 14.1. The molecule has 1 N–H and O–H groups in total. The summed E-state index contributed by atoms with van der Waals surface area (Å²) in [5, 5.41) is 2.92. The van der Waals surface area contributed by atoms with E-state index >= 15 is 0 Å². The highest BCUT2D eigenvalue weighted by Crippen LogP contribution is 2.24. The van der Waals surface area contributed by atoms with E-state index in [0.717, 1.165) is 23.5 Å². The van der Waals surface area contributed by atoms with E-state index in [1.165, 1.54) is 11.1 Å². The second-order valence-corrected chi connectivity index (χ2v) is 6.55. The predicted octanol–water partition coefficient (Wildman–Crippen LogP) is 3.88. The van der Waals surface area contributed by atoms with Gasteiger partial charge in [-0.25, -0.2) is 4.79 Å². The Hall–Kier alpha value is -2.95. The number of carbonyl (C=O) groups excluding carboxylic acids is 1. The lowest BCUT2D eigenvalue weighted by Crippen LogP contribution is -2.43. The van der Waals surface area contributed by atoms with Gasteiger partial charge in [-0.3, -0.25) is 0 Å². The zero-order valence-electron chi connectivity index (χ0n) is 15.9. The van der Waals surface area contributed by atoms with Crippen molar-refractivity contribution in [1.29, 1.82) is 0 Å². The molecule has 0 radical (unpaired) electrons. The Balaban J connectivity index is 1.43. The monoisotopic (exact) mass is 366 g/mol. The molecule has 2 aromatic carbocycles. The van der Waals surface area contributed by atoms with E-state index in [0.29, 0.717) is 26.2 Å². The second-order valence-electron chi connectivity index (χ2n) is 6.55. The van der Waals surface area contributed by atoms with E-state index in [9.17, 15) is 4.79 Å². The SMILES string of the molecule is COc1ccc(C2=CCN(C(=O)NCCOc3cccc(C)c3)CC2)cc1. The van der Waals surface area contributed by atoms with E-state index in [1.54, 1.807) is 7.11 Å². The summed E-state index contributed by atoms with van der Waals surface area (Å²) < 4.78 is 10.9. The Labute approximate surface area is 160 Å². The van der Waals surface area contributed by atoms with Gasteiger partial charge in [-0.05, 0) is 54.3 Å². The molecular weight excluding hydrogens is 340 g/mol. The number of nitrogens with zero attached hydrogens (tertiary/aromatic N) is 1. The van der Waals surface area contributed by atoms with Gasteiger partial charge in [0.25, 0.3) is 0 Å².